The number of rotatable bonds is 2. The van der Waals surface area contributed by atoms with E-state index >= 15 is 0 Å². The third-order valence-electron chi connectivity index (χ3n) is 2.18. The van der Waals surface area contributed by atoms with Gasteiger partial charge in [0.2, 0.25) is 11.9 Å². The van der Waals surface area contributed by atoms with E-state index in [1.54, 1.807) is 16.8 Å². The van der Waals surface area contributed by atoms with Gasteiger partial charge in [0.1, 0.15) is 0 Å². The molecule has 6 heteroatoms. The van der Waals surface area contributed by atoms with Crippen LogP contribution in [0.15, 0.2) is 41.4 Å². The maximum atomic E-state index is 10.8. The third kappa shape index (κ3) is 2.12. The van der Waals surface area contributed by atoms with Crippen LogP contribution in [0.3, 0.4) is 0 Å². The summed E-state index contributed by atoms with van der Waals surface area (Å²) in [6, 6.07) is 7.83. The van der Waals surface area contributed by atoms with Crippen LogP contribution in [-0.2, 0) is 10.1 Å². The molecule has 0 fully saturated rings. The summed E-state index contributed by atoms with van der Waals surface area (Å²) in [7, 11) is -4.12. The zero-order valence-electron chi connectivity index (χ0n) is 8.58. The Bertz CT molecular complexity index is 599. The van der Waals surface area contributed by atoms with Crippen molar-refractivity contribution in [2.75, 3.05) is 0 Å². The molecule has 0 aliphatic rings. The highest BCUT2D eigenvalue weighted by Gasteiger charge is 2.12. The molecule has 0 spiro atoms. The molecule has 2 rings (SSSR count). The van der Waals surface area contributed by atoms with Gasteiger partial charge in [0.05, 0.1) is 10.6 Å². The zero-order valence-corrected chi connectivity index (χ0v) is 9.40. The Hall–Kier alpha value is -1.66. The number of nitrogens with one attached hydrogen (secondary N) is 1. The minimum Gasteiger partial charge on any atom is -0.282 e. The SMILES string of the molecule is Cc1cc[n+](-c2ccc(S(=O)(=O)O)cc2)[nH]1. The Balaban J connectivity index is 2.40. The molecule has 0 aliphatic carbocycles. The molecule has 2 aromatic rings. The van der Waals surface area contributed by atoms with E-state index in [-0.39, 0.29) is 4.90 Å². The molecule has 1 heterocycles. The topological polar surface area (TPSA) is 74.0 Å². The molecule has 0 radical (unpaired) electrons. The molecule has 0 saturated carbocycles. The Labute approximate surface area is 93.1 Å². The van der Waals surface area contributed by atoms with E-state index in [1.165, 1.54) is 12.1 Å². The van der Waals surface area contributed by atoms with Crippen molar-refractivity contribution in [3.63, 3.8) is 0 Å². The van der Waals surface area contributed by atoms with Crippen molar-refractivity contribution >= 4 is 10.1 Å². The first kappa shape index (κ1) is 10.8. The Kier molecular flexibility index (Phi) is 2.53. The van der Waals surface area contributed by atoms with E-state index in [4.69, 9.17) is 4.55 Å². The number of nitrogens with zero attached hydrogens (tertiary/aromatic N) is 1. The van der Waals surface area contributed by atoms with Gasteiger partial charge in [-0.05, 0) is 19.1 Å². The first-order chi connectivity index (χ1) is 7.47. The fourth-order valence-corrected chi connectivity index (χ4v) is 1.86. The molecule has 16 heavy (non-hydrogen) atoms. The van der Waals surface area contributed by atoms with Crippen LogP contribution in [0.2, 0.25) is 0 Å². The van der Waals surface area contributed by atoms with Crippen LogP contribution >= 0.6 is 0 Å². The van der Waals surface area contributed by atoms with Gasteiger partial charge in [-0.25, -0.2) is 0 Å². The number of aromatic nitrogens is 2. The van der Waals surface area contributed by atoms with Crippen LogP contribution in [0.1, 0.15) is 5.69 Å². The predicted molar refractivity (Wildman–Crippen MR) is 56.9 cm³/mol. The largest absolute Gasteiger partial charge is 0.294 e. The fraction of sp³-hybridized carbons (Fsp3) is 0.100. The first-order valence-corrected chi connectivity index (χ1v) is 6.06. The second kappa shape index (κ2) is 3.73. The van der Waals surface area contributed by atoms with Crippen molar-refractivity contribution in [2.45, 2.75) is 11.8 Å². The lowest BCUT2D eigenvalue weighted by molar-refractivity contribution is -0.655. The number of hydrogen-bond donors (Lipinski definition) is 2. The maximum Gasteiger partial charge on any atom is 0.294 e. The second-order valence-electron chi connectivity index (χ2n) is 3.45. The van der Waals surface area contributed by atoms with E-state index in [2.05, 4.69) is 5.10 Å². The third-order valence-corrected chi connectivity index (χ3v) is 3.05. The standard InChI is InChI=1S/C10H10N2O3S/c1-8-6-7-12(11-8)9-2-4-10(5-3-9)16(13,14)15/h2-7H,1H3,(H,13,14,15)/p+1. The summed E-state index contributed by atoms with van der Waals surface area (Å²) in [5.74, 6) is 0. The van der Waals surface area contributed by atoms with Gasteiger partial charge in [-0.15, -0.1) is 0 Å². The summed E-state index contributed by atoms with van der Waals surface area (Å²) < 4.78 is 32.2. The summed E-state index contributed by atoms with van der Waals surface area (Å²) in [5, 5.41) is 3.06. The molecule has 0 unspecified atom stereocenters. The molecule has 2 N–H and O–H groups in total. The molecule has 5 nitrogen and oxygen atoms in total. The number of benzene rings is 1. The second-order valence-corrected chi connectivity index (χ2v) is 4.87. The zero-order chi connectivity index (χ0) is 11.8. The van der Waals surface area contributed by atoms with E-state index < -0.39 is 10.1 Å². The Morgan fingerprint density at radius 2 is 1.81 bits per heavy atom. The number of hydrogen-bond acceptors (Lipinski definition) is 2. The lowest BCUT2D eigenvalue weighted by atomic mass is 10.3. The number of H-pyrrole nitrogens is 1. The molecule has 0 aliphatic heterocycles. The quantitative estimate of drug-likeness (QED) is 0.602. The minimum absolute atomic E-state index is 0.111. The van der Waals surface area contributed by atoms with Crippen molar-refractivity contribution in [3.05, 3.63) is 42.2 Å². The summed E-state index contributed by atoms with van der Waals surface area (Å²) in [5.41, 5.74) is 1.79. The Morgan fingerprint density at radius 1 is 1.19 bits per heavy atom. The first-order valence-electron chi connectivity index (χ1n) is 4.62. The smallest absolute Gasteiger partial charge is 0.282 e. The van der Waals surface area contributed by atoms with Crippen LogP contribution in [-0.4, -0.2) is 18.1 Å². The Morgan fingerprint density at radius 3 is 2.25 bits per heavy atom. The van der Waals surface area contributed by atoms with Crippen LogP contribution in [0.5, 0.6) is 0 Å². The van der Waals surface area contributed by atoms with Crippen molar-refractivity contribution in [2.24, 2.45) is 0 Å². The number of aryl methyl sites for hydroxylation is 1. The van der Waals surface area contributed by atoms with Gasteiger partial charge in [0.25, 0.3) is 10.1 Å². The molecule has 0 bridgehead atoms. The van der Waals surface area contributed by atoms with Crippen molar-refractivity contribution in [3.8, 4) is 5.69 Å². The van der Waals surface area contributed by atoms with Crippen LogP contribution in [0, 0.1) is 6.92 Å². The van der Waals surface area contributed by atoms with Crippen LogP contribution in [0.25, 0.3) is 5.69 Å². The van der Waals surface area contributed by atoms with Crippen LogP contribution < -0.4 is 4.68 Å². The summed E-state index contributed by atoms with van der Waals surface area (Å²) in [6.07, 6.45) is 1.83. The lowest BCUT2D eigenvalue weighted by Crippen LogP contribution is -2.31. The molecule has 1 aromatic carbocycles. The maximum absolute atomic E-state index is 10.8. The normalized spacial score (nSPS) is 11.6. The molecule has 0 saturated heterocycles. The molecular formula is C10H11N2O3S+. The van der Waals surface area contributed by atoms with Gasteiger partial charge in [-0.1, -0.05) is 4.68 Å². The molecule has 0 atom stereocenters. The fourth-order valence-electron chi connectivity index (χ4n) is 1.38. The molecule has 84 valence electrons. The van der Waals surface area contributed by atoms with Gasteiger partial charge in [0, 0.05) is 18.2 Å². The lowest BCUT2D eigenvalue weighted by Gasteiger charge is -1.95. The molecular weight excluding hydrogens is 228 g/mol. The highest BCUT2D eigenvalue weighted by molar-refractivity contribution is 7.85. The van der Waals surface area contributed by atoms with Crippen molar-refractivity contribution in [1.29, 1.82) is 0 Å². The van der Waals surface area contributed by atoms with E-state index in [0.717, 1.165) is 11.4 Å². The molecule has 0 amide bonds. The van der Waals surface area contributed by atoms with E-state index in [0.29, 0.717) is 0 Å². The van der Waals surface area contributed by atoms with Gasteiger partial charge >= 0.3 is 0 Å². The van der Waals surface area contributed by atoms with Crippen LogP contribution in [0.4, 0.5) is 0 Å². The summed E-state index contributed by atoms with van der Waals surface area (Å²) >= 11 is 0. The summed E-state index contributed by atoms with van der Waals surface area (Å²) in [4.78, 5) is -0.111. The predicted octanol–water partition coefficient (Wildman–Crippen LogP) is 0.847. The van der Waals surface area contributed by atoms with Gasteiger partial charge in [-0.3, -0.25) is 4.55 Å². The highest BCUT2D eigenvalue weighted by atomic mass is 32.2. The average molecular weight is 239 g/mol. The minimum atomic E-state index is -4.12. The van der Waals surface area contributed by atoms with Crippen molar-refractivity contribution < 1.29 is 17.7 Å². The molecule has 1 aromatic heterocycles. The van der Waals surface area contributed by atoms with Crippen molar-refractivity contribution in [1.82, 2.24) is 5.10 Å². The number of aromatic amines is 1. The summed E-state index contributed by atoms with van der Waals surface area (Å²) in [6.45, 7) is 1.92. The van der Waals surface area contributed by atoms with E-state index in [1.807, 2.05) is 19.2 Å². The monoisotopic (exact) mass is 239 g/mol. The van der Waals surface area contributed by atoms with Gasteiger partial charge in [-0.2, -0.15) is 13.5 Å². The average Bonchev–Trinajstić information content (AvgIpc) is 2.64. The highest BCUT2D eigenvalue weighted by Crippen LogP contribution is 2.09. The van der Waals surface area contributed by atoms with E-state index in [9.17, 15) is 8.42 Å². The van der Waals surface area contributed by atoms with Gasteiger partial charge in [0.15, 0.2) is 0 Å². The van der Waals surface area contributed by atoms with Gasteiger partial charge < -0.3 is 0 Å².